The zero-order chi connectivity index (χ0) is 19.8. The second-order valence-electron chi connectivity index (χ2n) is 7.16. The average molecular weight is 384 g/mol. The molecule has 6 nitrogen and oxygen atoms in total. The van der Waals surface area contributed by atoms with Crippen molar-refractivity contribution >= 4 is 16.7 Å². The first-order valence-electron chi connectivity index (χ1n) is 9.53. The van der Waals surface area contributed by atoms with Gasteiger partial charge in [-0.3, -0.25) is 9.78 Å². The number of hydrogen-bond acceptors (Lipinski definition) is 4. The number of imidazole rings is 1. The van der Waals surface area contributed by atoms with Crippen molar-refractivity contribution in [1.82, 2.24) is 19.9 Å². The summed E-state index contributed by atoms with van der Waals surface area (Å²) >= 11 is 0. The number of methoxy groups -OCH3 is 1. The van der Waals surface area contributed by atoms with E-state index >= 15 is 0 Å². The van der Waals surface area contributed by atoms with Crippen molar-refractivity contribution in [3.63, 3.8) is 0 Å². The summed E-state index contributed by atoms with van der Waals surface area (Å²) in [6, 6.07) is 17.7. The predicted octanol–water partition coefficient (Wildman–Crippen LogP) is 3.75. The molecule has 0 aliphatic carbocycles. The van der Waals surface area contributed by atoms with E-state index in [4.69, 9.17) is 4.74 Å². The Morgan fingerprint density at radius 2 is 1.93 bits per heavy atom. The van der Waals surface area contributed by atoms with Crippen LogP contribution in [0, 0.1) is 0 Å². The van der Waals surface area contributed by atoms with Gasteiger partial charge in [0.05, 0.1) is 31.4 Å². The second kappa shape index (κ2) is 7.05. The summed E-state index contributed by atoms with van der Waals surface area (Å²) in [7, 11) is 1.65. The summed E-state index contributed by atoms with van der Waals surface area (Å²) in [5, 5.41) is 1.88. The van der Waals surface area contributed by atoms with Crippen LogP contribution in [0.3, 0.4) is 0 Å². The molecule has 0 saturated heterocycles. The zero-order valence-electron chi connectivity index (χ0n) is 16.0. The van der Waals surface area contributed by atoms with Gasteiger partial charge in [-0.15, -0.1) is 0 Å². The lowest BCUT2D eigenvalue weighted by Crippen LogP contribution is -2.39. The second-order valence-corrected chi connectivity index (χ2v) is 7.16. The molecule has 1 aliphatic heterocycles. The Morgan fingerprint density at radius 3 is 2.76 bits per heavy atom. The number of aromatic nitrogens is 3. The predicted molar refractivity (Wildman–Crippen MR) is 110 cm³/mol. The van der Waals surface area contributed by atoms with Crippen LogP contribution >= 0.6 is 0 Å². The standard InChI is InChI=1S/C23H20N4O2/c1-29-17-8-6-16(7-9-17)19-12-27(13-20-21(19)26-14-25-20)23(28)22-18-5-3-2-4-15(18)10-11-24-22/h2-11,14,19H,12-13H2,1H3,(H,25,26). The number of nitrogens with zero attached hydrogens (tertiary/aromatic N) is 3. The zero-order valence-corrected chi connectivity index (χ0v) is 16.0. The maximum absolute atomic E-state index is 13.4. The van der Waals surface area contributed by atoms with Crippen LogP contribution in [0.2, 0.25) is 0 Å². The topological polar surface area (TPSA) is 71.1 Å². The van der Waals surface area contributed by atoms with E-state index in [1.165, 1.54) is 0 Å². The molecule has 5 rings (SSSR count). The number of rotatable bonds is 3. The maximum Gasteiger partial charge on any atom is 0.273 e. The fraction of sp³-hybridized carbons (Fsp3) is 0.174. The summed E-state index contributed by atoms with van der Waals surface area (Å²) in [5.41, 5.74) is 3.54. The summed E-state index contributed by atoms with van der Waals surface area (Å²) < 4.78 is 5.27. The lowest BCUT2D eigenvalue weighted by Gasteiger charge is -2.32. The minimum absolute atomic E-state index is 0.00478. The first-order chi connectivity index (χ1) is 14.2. The smallest absolute Gasteiger partial charge is 0.273 e. The summed E-state index contributed by atoms with van der Waals surface area (Å²) in [4.78, 5) is 27.4. The van der Waals surface area contributed by atoms with Gasteiger partial charge < -0.3 is 14.6 Å². The molecule has 2 aromatic carbocycles. The van der Waals surface area contributed by atoms with Crippen molar-refractivity contribution in [2.24, 2.45) is 0 Å². The van der Waals surface area contributed by atoms with Gasteiger partial charge in [0.2, 0.25) is 0 Å². The van der Waals surface area contributed by atoms with Crippen molar-refractivity contribution in [3.8, 4) is 5.75 Å². The molecular weight excluding hydrogens is 364 g/mol. The first kappa shape index (κ1) is 17.4. The molecule has 4 aromatic rings. The van der Waals surface area contributed by atoms with E-state index in [0.717, 1.165) is 33.5 Å². The van der Waals surface area contributed by atoms with Crippen LogP contribution in [0.4, 0.5) is 0 Å². The number of carbonyl (C=O) groups excluding carboxylic acids is 1. The summed E-state index contributed by atoms with van der Waals surface area (Å²) in [5.74, 6) is 0.732. The Bertz CT molecular complexity index is 1180. The molecule has 1 N–H and O–H groups in total. The highest BCUT2D eigenvalue weighted by molar-refractivity contribution is 6.05. The molecule has 0 fully saturated rings. The van der Waals surface area contributed by atoms with E-state index in [0.29, 0.717) is 18.8 Å². The highest BCUT2D eigenvalue weighted by Crippen LogP contribution is 2.33. The third-order valence-electron chi connectivity index (χ3n) is 5.52. The number of pyridine rings is 1. The van der Waals surface area contributed by atoms with E-state index in [1.54, 1.807) is 19.6 Å². The fourth-order valence-corrected chi connectivity index (χ4v) is 4.01. The SMILES string of the molecule is COc1ccc(C2CN(C(=O)c3nccc4ccccc34)Cc3[nH]cnc32)cc1. The number of aromatic amines is 1. The molecule has 0 bridgehead atoms. The van der Waals surface area contributed by atoms with Crippen LogP contribution in [0.5, 0.6) is 5.75 Å². The van der Waals surface area contributed by atoms with E-state index in [-0.39, 0.29) is 11.8 Å². The Labute approximate surface area is 168 Å². The number of nitrogens with one attached hydrogen (secondary N) is 1. The molecular formula is C23H20N4O2. The molecule has 6 heteroatoms. The van der Waals surface area contributed by atoms with Crippen LogP contribution in [0.1, 0.15) is 33.4 Å². The van der Waals surface area contributed by atoms with Crippen molar-refractivity contribution < 1.29 is 9.53 Å². The minimum atomic E-state index is -0.0689. The van der Waals surface area contributed by atoms with E-state index in [1.807, 2.05) is 59.5 Å². The molecule has 29 heavy (non-hydrogen) atoms. The molecule has 1 atom stereocenters. The average Bonchev–Trinajstić information content (AvgIpc) is 3.26. The summed E-state index contributed by atoms with van der Waals surface area (Å²) in [6.07, 6.45) is 3.40. The van der Waals surface area contributed by atoms with Gasteiger partial charge in [0.25, 0.3) is 5.91 Å². The molecule has 1 amide bonds. The van der Waals surface area contributed by atoms with Gasteiger partial charge in [-0.1, -0.05) is 36.4 Å². The van der Waals surface area contributed by atoms with Gasteiger partial charge in [0, 0.05) is 24.0 Å². The minimum Gasteiger partial charge on any atom is -0.497 e. The van der Waals surface area contributed by atoms with Gasteiger partial charge in [-0.2, -0.15) is 0 Å². The van der Waals surface area contributed by atoms with Crippen molar-refractivity contribution in [2.75, 3.05) is 13.7 Å². The maximum atomic E-state index is 13.4. The molecule has 0 spiro atoms. The van der Waals surface area contributed by atoms with Gasteiger partial charge >= 0.3 is 0 Å². The number of carbonyl (C=O) groups is 1. The number of benzene rings is 2. The monoisotopic (exact) mass is 384 g/mol. The van der Waals surface area contributed by atoms with E-state index in [9.17, 15) is 4.79 Å². The molecule has 2 aromatic heterocycles. The highest BCUT2D eigenvalue weighted by Gasteiger charge is 2.32. The quantitative estimate of drug-likeness (QED) is 0.584. The van der Waals surface area contributed by atoms with Gasteiger partial charge in [-0.05, 0) is 29.1 Å². The first-order valence-corrected chi connectivity index (χ1v) is 9.53. The third kappa shape index (κ3) is 3.02. The van der Waals surface area contributed by atoms with Crippen LogP contribution in [-0.4, -0.2) is 39.4 Å². The van der Waals surface area contributed by atoms with Crippen LogP contribution in [0.25, 0.3) is 10.8 Å². The normalized spacial score (nSPS) is 15.9. The third-order valence-corrected chi connectivity index (χ3v) is 5.52. The Kier molecular flexibility index (Phi) is 4.24. The van der Waals surface area contributed by atoms with Crippen molar-refractivity contribution in [2.45, 2.75) is 12.5 Å². The van der Waals surface area contributed by atoms with Gasteiger partial charge in [0.1, 0.15) is 11.4 Å². The van der Waals surface area contributed by atoms with Crippen LogP contribution < -0.4 is 4.74 Å². The molecule has 144 valence electrons. The number of hydrogen-bond donors (Lipinski definition) is 1. The van der Waals surface area contributed by atoms with E-state index < -0.39 is 0 Å². The van der Waals surface area contributed by atoms with Crippen LogP contribution in [-0.2, 0) is 6.54 Å². The van der Waals surface area contributed by atoms with Crippen molar-refractivity contribution in [3.05, 3.63) is 89.8 Å². The number of fused-ring (bicyclic) bond motifs is 2. The molecule has 3 heterocycles. The molecule has 0 radical (unpaired) electrons. The van der Waals surface area contributed by atoms with Gasteiger partial charge in [-0.25, -0.2) is 4.98 Å². The van der Waals surface area contributed by atoms with Crippen molar-refractivity contribution in [1.29, 1.82) is 0 Å². The van der Waals surface area contributed by atoms with Crippen LogP contribution in [0.15, 0.2) is 67.1 Å². The largest absolute Gasteiger partial charge is 0.497 e. The lowest BCUT2D eigenvalue weighted by atomic mass is 9.90. The molecule has 0 saturated carbocycles. The van der Waals surface area contributed by atoms with Gasteiger partial charge in [0.15, 0.2) is 0 Å². The Morgan fingerprint density at radius 1 is 1.10 bits per heavy atom. The Balaban J connectivity index is 1.52. The molecule has 1 unspecified atom stereocenters. The number of amides is 1. The fourth-order valence-electron chi connectivity index (χ4n) is 4.01. The lowest BCUT2D eigenvalue weighted by molar-refractivity contribution is 0.0718. The van der Waals surface area contributed by atoms with E-state index in [2.05, 4.69) is 15.0 Å². The highest BCUT2D eigenvalue weighted by atomic mass is 16.5. The summed E-state index contributed by atoms with van der Waals surface area (Å²) in [6.45, 7) is 1.04. The molecule has 1 aliphatic rings. The number of H-pyrrole nitrogens is 1. The Hall–Kier alpha value is -3.67. The number of ether oxygens (including phenoxy) is 1.